The summed E-state index contributed by atoms with van der Waals surface area (Å²) < 4.78 is 15.6. The molecule has 20 heavy (non-hydrogen) atoms. The number of nitrogens with zero attached hydrogens (tertiary/aromatic N) is 4. The lowest BCUT2D eigenvalue weighted by Gasteiger charge is -2.15. The van der Waals surface area contributed by atoms with E-state index in [9.17, 15) is 4.39 Å². The van der Waals surface area contributed by atoms with Gasteiger partial charge in [-0.2, -0.15) is 0 Å². The second-order valence-corrected chi connectivity index (χ2v) is 5.51. The highest BCUT2D eigenvalue weighted by atomic mass is 19.1. The highest BCUT2D eigenvalue weighted by Crippen LogP contribution is 2.26. The Morgan fingerprint density at radius 2 is 2.00 bits per heavy atom. The molecule has 0 radical (unpaired) electrons. The maximum absolute atomic E-state index is 13.9. The Hall–Kier alpha value is -1.98. The first kappa shape index (κ1) is 14.4. The molecule has 0 bridgehead atoms. The third-order valence-corrected chi connectivity index (χ3v) is 3.30. The van der Waals surface area contributed by atoms with Gasteiger partial charge in [0.2, 0.25) is 0 Å². The summed E-state index contributed by atoms with van der Waals surface area (Å²) in [6, 6.07) is 4.54. The summed E-state index contributed by atoms with van der Waals surface area (Å²) in [4.78, 5) is 0. The number of benzene rings is 1. The van der Waals surface area contributed by atoms with Crippen LogP contribution in [0.15, 0.2) is 18.2 Å². The number of nitrogens with two attached hydrogens (primary N) is 1. The van der Waals surface area contributed by atoms with E-state index in [1.165, 1.54) is 12.1 Å². The molecule has 0 amide bonds. The standard InChI is InChI=1S/C14H20FN5/c1-9(2)4-5-10(3)20-14(17-18-19-20)12-8-11(16)6-7-13(12)15/h6-10H,4-5,16H2,1-3H3. The van der Waals surface area contributed by atoms with Crippen molar-refractivity contribution in [3.63, 3.8) is 0 Å². The predicted molar refractivity (Wildman–Crippen MR) is 76.4 cm³/mol. The molecule has 5 nitrogen and oxygen atoms in total. The van der Waals surface area contributed by atoms with Gasteiger partial charge in [0.1, 0.15) is 5.82 Å². The maximum atomic E-state index is 13.9. The van der Waals surface area contributed by atoms with E-state index in [-0.39, 0.29) is 11.9 Å². The summed E-state index contributed by atoms with van der Waals surface area (Å²) >= 11 is 0. The first-order valence-corrected chi connectivity index (χ1v) is 6.82. The Bertz CT molecular complexity index is 579. The third kappa shape index (κ3) is 3.12. The van der Waals surface area contributed by atoms with Crippen LogP contribution in [0.4, 0.5) is 10.1 Å². The quantitative estimate of drug-likeness (QED) is 0.853. The zero-order chi connectivity index (χ0) is 14.7. The maximum Gasteiger partial charge on any atom is 0.185 e. The van der Waals surface area contributed by atoms with E-state index in [4.69, 9.17) is 5.73 Å². The van der Waals surface area contributed by atoms with Gasteiger partial charge >= 0.3 is 0 Å². The third-order valence-electron chi connectivity index (χ3n) is 3.30. The fraction of sp³-hybridized carbons (Fsp3) is 0.500. The Balaban J connectivity index is 2.30. The van der Waals surface area contributed by atoms with Crippen LogP contribution >= 0.6 is 0 Å². The number of rotatable bonds is 5. The highest BCUT2D eigenvalue weighted by Gasteiger charge is 2.18. The van der Waals surface area contributed by atoms with Crippen molar-refractivity contribution < 1.29 is 4.39 Å². The van der Waals surface area contributed by atoms with Gasteiger partial charge in [0.15, 0.2) is 5.82 Å². The van der Waals surface area contributed by atoms with Crippen LogP contribution in [-0.2, 0) is 0 Å². The molecule has 0 aliphatic heterocycles. The molecule has 1 unspecified atom stereocenters. The number of tetrazole rings is 1. The lowest BCUT2D eigenvalue weighted by molar-refractivity contribution is 0.406. The molecule has 0 aliphatic carbocycles. The summed E-state index contributed by atoms with van der Waals surface area (Å²) in [5, 5.41) is 11.6. The van der Waals surface area contributed by atoms with Gasteiger partial charge in [-0.25, -0.2) is 9.07 Å². The Kier molecular flexibility index (Phi) is 4.32. The number of hydrogen-bond acceptors (Lipinski definition) is 4. The topological polar surface area (TPSA) is 69.6 Å². The zero-order valence-corrected chi connectivity index (χ0v) is 12.0. The van der Waals surface area contributed by atoms with Gasteiger partial charge in [0.05, 0.1) is 11.6 Å². The van der Waals surface area contributed by atoms with Gasteiger partial charge in [-0.05, 0) is 54.3 Å². The SMILES string of the molecule is CC(C)CCC(C)n1nnnc1-c1cc(N)ccc1F. The molecule has 108 valence electrons. The van der Waals surface area contributed by atoms with Gasteiger partial charge in [-0.1, -0.05) is 13.8 Å². The minimum atomic E-state index is -0.369. The van der Waals surface area contributed by atoms with Crippen molar-refractivity contribution in [2.45, 2.75) is 39.7 Å². The summed E-state index contributed by atoms with van der Waals surface area (Å²) in [7, 11) is 0. The average Bonchev–Trinajstić information content (AvgIpc) is 2.88. The largest absolute Gasteiger partial charge is 0.399 e. The second kappa shape index (κ2) is 5.98. The van der Waals surface area contributed by atoms with Gasteiger partial charge in [-0.3, -0.25) is 0 Å². The molecule has 1 aromatic carbocycles. The van der Waals surface area contributed by atoms with Crippen molar-refractivity contribution in [1.29, 1.82) is 0 Å². The fourth-order valence-electron chi connectivity index (χ4n) is 2.08. The average molecular weight is 277 g/mol. The first-order valence-electron chi connectivity index (χ1n) is 6.82. The van der Waals surface area contributed by atoms with Crippen molar-refractivity contribution >= 4 is 5.69 Å². The molecule has 1 atom stereocenters. The lowest BCUT2D eigenvalue weighted by atomic mass is 10.0. The van der Waals surface area contributed by atoms with Crippen molar-refractivity contribution in [3.8, 4) is 11.4 Å². The molecular weight excluding hydrogens is 257 g/mol. The molecule has 1 heterocycles. The van der Waals surface area contributed by atoms with Crippen LogP contribution < -0.4 is 5.73 Å². The summed E-state index contributed by atoms with van der Waals surface area (Å²) in [5.41, 5.74) is 6.54. The molecule has 0 saturated heterocycles. The van der Waals surface area contributed by atoms with E-state index in [1.54, 1.807) is 10.7 Å². The summed E-state index contributed by atoms with van der Waals surface area (Å²) in [5.74, 6) is 0.666. The Morgan fingerprint density at radius 3 is 2.70 bits per heavy atom. The van der Waals surface area contributed by atoms with Crippen LogP contribution in [0.5, 0.6) is 0 Å². The fourth-order valence-corrected chi connectivity index (χ4v) is 2.08. The number of aromatic nitrogens is 4. The minimum Gasteiger partial charge on any atom is -0.399 e. The van der Waals surface area contributed by atoms with Gasteiger partial charge < -0.3 is 5.73 Å². The first-order chi connectivity index (χ1) is 9.49. The molecule has 0 aliphatic rings. The molecule has 2 N–H and O–H groups in total. The number of nitrogen functional groups attached to an aromatic ring is 1. The van der Waals surface area contributed by atoms with Crippen LogP contribution in [0, 0.1) is 11.7 Å². The monoisotopic (exact) mass is 277 g/mol. The molecule has 2 rings (SSSR count). The van der Waals surface area contributed by atoms with Crippen molar-refractivity contribution in [2.24, 2.45) is 5.92 Å². The minimum absolute atomic E-state index is 0.114. The molecule has 0 spiro atoms. The van der Waals surface area contributed by atoms with Crippen molar-refractivity contribution in [1.82, 2.24) is 20.2 Å². The summed E-state index contributed by atoms with van der Waals surface area (Å²) in [6.45, 7) is 6.38. The molecule has 2 aromatic rings. The molecule has 0 fully saturated rings. The molecule has 1 aromatic heterocycles. The van der Waals surface area contributed by atoms with E-state index in [0.717, 1.165) is 12.8 Å². The number of hydrogen-bond donors (Lipinski definition) is 1. The van der Waals surface area contributed by atoms with Crippen LogP contribution in [0.2, 0.25) is 0 Å². The van der Waals surface area contributed by atoms with Gasteiger partial charge in [0, 0.05) is 5.69 Å². The number of anilines is 1. The van der Waals surface area contributed by atoms with Gasteiger partial charge in [0.25, 0.3) is 0 Å². The zero-order valence-electron chi connectivity index (χ0n) is 12.0. The van der Waals surface area contributed by atoms with Crippen molar-refractivity contribution in [2.75, 3.05) is 5.73 Å². The van der Waals surface area contributed by atoms with Crippen LogP contribution in [0.3, 0.4) is 0 Å². The van der Waals surface area contributed by atoms with E-state index in [2.05, 4.69) is 29.4 Å². The van der Waals surface area contributed by atoms with E-state index in [0.29, 0.717) is 23.0 Å². The number of halogens is 1. The summed E-state index contributed by atoms with van der Waals surface area (Å²) in [6.07, 6.45) is 2.01. The van der Waals surface area contributed by atoms with E-state index >= 15 is 0 Å². The smallest absolute Gasteiger partial charge is 0.185 e. The van der Waals surface area contributed by atoms with Crippen LogP contribution in [-0.4, -0.2) is 20.2 Å². The van der Waals surface area contributed by atoms with E-state index in [1.807, 2.05) is 6.92 Å². The van der Waals surface area contributed by atoms with Crippen LogP contribution in [0.25, 0.3) is 11.4 Å². The Labute approximate surface area is 118 Å². The lowest BCUT2D eigenvalue weighted by Crippen LogP contribution is -2.10. The van der Waals surface area contributed by atoms with Crippen molar-refractivity contribution in [3.05, 3.63) is 24.0 Å². The molecule has 0 saturated carbocycles. The van der Waals surface area contributed by atoms with E-state index < -0.39 is 0 Å². The normalized spacial score (nSPS) is 12.8. The van der Waals surface area contributed by atoms with Crippen LogP contribution in [0.1, 0.15) is 39.7 Å². The predicted octanol–water partition coefficient (Wildman–Crippen LogP) is 3.06. The second-order valence-electron chi connectivity index (χ2n) is 5.51. The Morgan fingerprint density at radius 1 is 1.25 bits per heavy atom. The van der Waals surface area contributed by atoms with Gasteiger partial charge in [-0.15, -0.1) is 5.10 Å². The highest BCUT2D eigenvalue weighted by molar-refractivity contribution is 5.61. The molecule has 6 heteroatoms. The molecular formula is C14H20FN5.